The van der Waals surface area contributed by atoms with Gasteiger partial charge in [0.2, 0.25) is 0 Å². The van der Waals surface area contributed by atoms with Gasteiger partial charge in [0.1, 0.15) is 5.75 Å². The Bertz CT molecular complexity index is 394. The number of phenols is 1. The summed E-state index contributed by atoms with van der Waals surface area (Å²) >= 11 is 0. The molecule has 2 rings (SSSR count). The first kappa shape index (κ1) is 14.4. The van der Waals surface area contributed by atoms with Gasteiger partial charge in [-0.25, -0.2) is 0 Å². The summed E-state index contributed by atoms with van der Waals surface area (Å²) in [7, 11) is 4.25. The van der Waals surface area contributed by atoms with E-state index in [1.54, 1.807) is 12.1 Å². The first-order valence-corrected chi connectivity index (χ1v) is 7.31. The molecule has 0 aromatic heterocycles. The van der Waals surface area contributed by atoms with Gasteiger partial charge in [-0.3, -0.25) is 0 Å². The number of benzene rings is 1. The molecule has 1 aliphatic rings. The molecule has 0 saturated heterocycles. The quantitative estimate of drug-likeness (QED) is 0.768. The molecule has 3 N–H and O–H groups in total. The molecular formula is C16H26NO2+. The Morgan fingerprint density at radius 1 is 1.11 bits per heavy atom. The van der Waals surface area contributed by atoms with Crippen LogP contribution in [0.5, 0.6) is 5.75 Å². The van der Waals surface area contributed by atoms with Gasteiger partial charge in [-0.15, -0.1) is 0 Å². The molecule has 0 bridgehead atoms. The zero-order valence-corrected chi connectivity index (χ0v) is 12.0. The van der Waals surface area contributed by atoms with Crippen molar-refractivity contribution < 1.29 is 15.1 Å². The van der Waals surface area contributed by atoms with Crippen LogP contribution in [0.2, 0.25) is 0 Å². The number of hydrogen-bond donors (Lipinski definition) is 3. The predicted molar refractivity (Wildman–Crippen MR) is 76.6 cm³/mol. The van der Waals surface area contributed by atoms with Crippen molar-refractivity contribution in [1.29, 1.82) is 0 Å². The van der Waals surface area contributed by atoms with E-state index in [-0.39, 0.29) is 11.7 Å². The maximum absolute atomic E-state index is 11.0. The predicted octanol–water partition coefficient (Wildman–Crippen LogP) is 1.32. The lowest BCUT2D eigenvalue weighted by Gasteiger charge is -2.39. The van der Waals surface area contributed by atoms with Crippen molar-refractivity contribution in [3.63, 3.8) is 0 Å². The third-order valence-electron chi connectivity index (χ3n) is 4.28. The fourth-order valence-electron chi connectivity index (χ4n) is 3.25. The van der Waals surface area contributed by atoms with Crippen molar-refractivity contribution in [2.45, 2.75) is 43.6 Å². The van der Waals surface area contributed by atoms with Gasteiger partial charge in [0.25, 0.3) is 0 Å². The van der Waals surface area contributed by atoms with Crippen molar-refractivity contribution in [3.8, 4) is 5.75 Å². The standard InChI is InChI=1S/C16H25NO2/c1-17(2)12-15(13-6-8-14(18)9-7-13)16(19)10-4-3-5-11-16/h6-9,15,18-19H,3-5,10-12H2,1-2H3/p+1/t15-/m1/s1. The molecule has 0 aliphatic heterocycles. The highest BCUT2D eigenvalue weighted by molar-refractivity contribution is 5.30. The van der Waals surface area contributed by atoms with Crippen LogP contribution in [0.3, 0.4) is 0 Å². The van der Waals surface area contributed by atoms with E-state index in [2.05, 4.69) is 14.1 Å². The minimum absolute atomic E-state index is 0.151. The third kappa shape index (κ3) is 3.48. The molecule has 1 saturated carbocycles. The Morgan fingerprint density at radius 3 is 2.21 bits per heavy atom. The van der Waals surface area contributed by atoms with E-state index in [4.69, 9.17) is 0 Å². The Morgan fingerprint density at radius 2 is 1.68 bits per heavy atom. The van der Waals surface area contributed by atoms with Crippen molar-refractivity contribution >= 4 is 0 Å². The maximum Gasteiger partial charge on any atom is 0.115 e. The lowest BCUT2D eigenvalue weighted by Crippen LogP contribution is -3.06. The highest BCUT2D eigenvalue weighted by Gasteiger charge is 2.40. The zero-order chi connectivity index (χ0) is 13.9. The summed E-state index contributed by atoms with van der Waals surface area (Å²) in [6.07, 6.45) is 5.26. The average Bonchev–Trinajstić information content (AvgIpc) is 2.38. The molecule has 106 valence electrons. The highest BCUT2D eigenvalue weighted by Crippen LogP contribution is 2.39. The molecule has 1 aromatic carbocycles. The minimum Gasteiger partial charge on any atom is -0.508 e. The summed E-state index contributed by atoms with van der Waals surface area (Å²) in [4.78, 5) is 1.34. The summed E-state index contributed by atoms with van der Waals surface area (Å²) in [6, 6.07) is 7.35. The number of aliphatic hydroxyl groups is 1. The summed E-state index contributed by atoms with van der Waals surface area (Å²) < 4.78 is 0. The number of phenolic OH excluding ortho intramolecular Hbond substituents is 1. The summed E-state index contributed by atoms with van der Waals surface area (Å²) in [6.45, 7) is 0.918. The average molecular weight is 264 g/mol. The van der Waals surface area contributed by atoms with Gasteiger partial charge in [-0.2, -0.15) is 0 Å². The molecule has 1 aromatic rings. The second kappa shape index (κ2) is 5.93. The van der Waals surface area contributed by atoms with Gasteiger partial charge in [-0.1, -0.05) is 31.4 Å². The SMILES string of the molecule is C[NH+](C)C[C@H](c1ccc(O)cc1)C1(O)CCCCC1. The number of rotatable bonds is 4. The zero-order valence-electron chi connectivity index (χ0n) is 12.0. The van der Waals surface area contributed by atoms with Gasteiger partial charge in [0.15, 0.2) is 0 Å². The summed E-state index contributed by atoms with van der Waals surface area (Å²) in [5.41, 5.74) is 0.565. The molecule has 0 radical (unpaired) electrons. The first-order valence-electron chi connectivity index (χ1n) is 7.31. The second-order valence-corrected chi connectivity index (χ2v) is 6.22. The van der Waals surface area contributed by atoms with Crippen LogP contribution >= 0.6 is 0 Å². The summed E-state index contributed by atoms with van der Waals surface area (Å²) in [5.74, 6) is 0.439. The largest absolute Gasteiger partial charge is 0.508 e. The number of nitrogens with one attached hydrogen (secondary N) is 1. The topological polar surface area (TPSA) is 44.9 Å². The second-order valence-electron chi connectivity index (χ2n) is 6.22. The molecular weight excluding hydrogens is 238 g/mol. The highest BCUT2D eigenvalue weighted by atomic mass is 16.3. The Balaban J connectivity index is 2.26. The molecule has 19 heavy (non-hydrogen) atoms. The molecule has 0 heterocycles. The molecule has 0 spiro atoms. The van der Waals surface area contributed by atoms with Crippen LogP contribution in [0.1, 0.15) is 43.6 Å². The maximum atomic E-state index is 11.0. The van der Waals surface area contributed by atoms with Crippen molar-refractivity contribution in [1.82, 2.24) is 0 Å². The van der Waals surface area contributed by atoms with Crippen LogP contribution in [0.4, 0.5) is 0 Å². The molecule has 1 aliphatic carbocycles. The number of aromatic hydroxyl groups is 1. The fourth-order valence-corrected chi connectivity index (χ4v) is 3.25. The van der Waals surface area contributed by atoms with E-state index < -0.39 is 5.60 Å². The van der Waals surface area contributed by atoms with Crippen LogP contribution in [-0.2, 0) is 0 Å². The van der Waals surface area contributed by atoms with Crippen LogP contribution in [-0.4, -0.2) is 36.5 Å². The molecule has 1 fully saturated rings. The molecule has 3 heteroatoms. The normalized spacial score (nSPS) is 20.4. The van der Waals surface area contributed by atoms with Gasteiger partial charge in [0.05, 0.1) is 32.2 Å². The van der Waals surface area contributed by atoms with Gasteiger partial charge in [-0.05, 0) is 30.5 Å². The lowest BCUT2D eigenvalue weighted by molar-refractivity contribution is -0.860. The van der Waals surface area contributed by atoms with Gasteiger partial charge < -0.3 is 15.1 Å². The molecule has 3 nitrogen and oxygen atoms in total. The third-order valence-corrected chi connectivity index (χ3v) is 4.28. The van der Waals surface area contributed by atoms with Crippen molar-refractivity contribution in [3.05, 3.63) is 29.8 Å². The van der Waals surface area contributed by atoms with E-state index in [9.17, 15) is 10.2 Å². The van der Waals surface area contributed by atoms with E-state index in [1.807, 2.05) is 12.1 Å². The van der Waals surface area contributed by atoms with E-state index >= 15 is 0 Å². The Hall–Kier alpha value is -1.06. The van der Waals surface area contributed by atoms with E-state index in [0.29, 0.717) is 0 Å². The fraction of sp³-hybridized carbons (Fsp3) is 0.625. The van der Waals surface area contributed by atoms with Crippen molar-refractivity contribution in [2.75, 3.05) is 20.6 Å². The monoisotopic (exact) mass is 264 g/mol. The van der Waals surface area contributed by atoms with Gasteiger partial charge in [0, 0.05) is 0 Å². The van der Waals surface area contributed by atoms with Crippen LogP contribution in [0, 0.1) is 0 Å². The number of hydrogen-bond acceptors (Lipinski definition) is 2. The van der Waals surface area contributed by atoms with Crippen molar-refractivity contribution in [2.24, 2.45) is 0 Å². The first-order chi connectivity index (χ1) is 9.01. The van der Waals surface area contributed by atoms with Crippen LogP contribution in [0.15, 0.2) is 24.3 Å². The Labute approximate surface area is 115 Å². The van der Waals surface area contributed by atoms with Crippen LogP contribution < -0.4 is 4.90 Å². The van der Waals surface area contributed by atoms with E-state index in [0.717, 1.165) is 37.8 Å². The van der Waals surface area contributed by atoms with E-state index in [1.165, 1.54) is 11.3 Å². The molecule has 1 atom stereocenters. The number of likely N-dealkylation sites (N-methyl/N-ethyl adjacent to an activating group) is 1. The molecule has 0 amide bonds. The smallest absolute Gasteiger partial charge is 0.115 e. The lowest BCUT2D eigenvalue weighted by atomic mass is 9.72. The Kier molecular flexibility index (Phi) is 4.48. The number of quaternary nitrogens is 1. The van der Waals surface area contributed by atoms with Crippen LogP contribution in [0.25, 0.3) is 0 Å². The summed E-state index contributed by atoms with van der Waals surface area (Å²) in [5, 5.41) is 20.5. The molecule has 0 unspecified atom stereocenters. The van der Waals surface area contributed by atoms with Gasteiger partial charge >= 0.3 is 0 Å². The minimum atomic E-state index is -0.577.